The third-order valence-electron chi connectivity index (χ3n) is 3.30. The molecule has 1 amide bonds. The van der Waals surface area contributed by atoms with Crippen LogP contribution in [0.2, 0.25) is 5.02 Å². The highest BCUT2D eigenvalue weighted by atomic mass is 35.5. The van der Waals surface area contributed by atoms with Gasteiger partial charge in [-0.15, -0.1) is 0 Å². The number of benzene rings is 1. The van der Waals surface area contributed by atoms with Crippen molar-refractivity contribution in [2.75, 3.05) is 6.54 Å². The molecule has 21 heavy (non-hydrogen) atoms. The summed E-state index contributed by atoms with van der Waals surface area (Å²) in [5.41, 5.74) is -0.0689. The van der Waals surface area contributed by atoms with E-state index >= 15 is 0 Å². The predicted octanol–water partition coefficient (Wildman–Crippen LogP) is 3.19. The maximum atomic E-state index is 12.1. The lowest BCUT2D eigenvalue weighted by molar-refractivity contribution is 0.0514. The molecule has 1 aromatic heterocycles. The molecular formula is C16H18ClNO3. The van der Waals surface area contributed by atoms with Crippen molar-refractivity contribution in [1.29, 1.82) is 0 Å². The maximum absolute atomic E-state index is 12.1. The molecule has 0 bridgehead atoms. The molecule has 1 atom stereocenters. The highest BCUT2D eigenvalue weighted by molar-refractivity contribution is 6.30. The third-order valence-corrected chi connectivity index (χ3v) is 3.54. The first kappa shape index (κ1) is 15.6. The van der Waals surface area contributed by atoms with Gasteiger partial charge in [0.25, 0.3) is 5.91 Å². The van der Waals surface area contributed by atoms with E-state index in [1.54, 1.807) is 44.2 Å². The van der Waals surface area contributed by atoms with Gasteiger partial charge in [-0.05, 0) is 45.0 Å². The third kappa shape index (κ3) is 3.65. The van der Waals surface area contributed by atoms with Crippen LogP contribution < -0.4 is 5.32 Å². The molecule has 0 radical (unpaired) electrons. The molecule has 2 N–H and O–H groups in total. The molecule has 0 spiro atoms. The average molecular weight is 308 g/mol. The van der Waals surface area contributed by atoms with Crippen LogP contribution in [-0.2, 0) is 5.60 Å². The monoisotopic (exact) mass is 307 g/mol. The minimum absolute atomic E-state index is 0.0815. The molecule has 4 nitrogen and oxygen atoms in total. The zero-order valence-electron chi connectivity index (χ0n) is 12.2. The summed E-state index contributed by atoms with van der Waals surface area (Å²) in [5, 5.41) is 13.7. The SMILES string of the molecule is Cc1cc(C(C)(O)CNC(=O)c2cccc(Cl)c2)c(C)o1. The molecule has 0 aliphatic rings. The van der Waals surface area contributed by atoms with Gasteiger partial charge >= 0.3 is 0 Å². The van der Waals surface area contributed by atoms with Gasteiger partial charge in [0.1, 0.15) is 17.1 Å². The van der Waals surface area contributed by atoms with Crippen molar-refractivity contribution in [3.63, 3.8) is 0 Å². The number of hydrogen-bond donors (Lipinski definition) is 2. The zero-order chi connectivity index (χ0) is 15.6. The van der Waals surface area contributed by atoms with Gasteiger partial charge in [-0.25, -0.2) is 0 Å². The molecule has 0 saturated carbocycles. The Balaban J connectivity index is 2.08. The molecule has 0 saturated heterocycles. The van der Waals surface area contributed by atoms with Crippen LogP contribution in [0, 0.1) is 13.8 Å². The number of carbonyl (C=O) groups excluding carboxylic acids is 1. The largest absolute Gasteiger partial charge is 0.466 e. The van der Waals surface area contributed by atoms with Crippen LogP contribution in [0.15, 0.2) is 34.7 Å². The number of aliphatic hydroxyl groups is 1. The molecule has 1 unspecified atom stereocenters. The van der Waals surface area contributed by atoms with E-state index in [1.165, 1.54) is 0 Å². The highest BCUT2D eigenvalue weighted by Gasteiger charge is 2.28. The fourth-order valence-electron chi connectivity index (χ4n) is 2.24. The van der Waals surface area contributed by atoms with Crippen LogP contribution in [0.1, 0.15) is 34.4 Å². The van der Waals surface area contributed by atoms with Crippen LogP contribution in [0.5, 0.6) is 0 Å². The lowest BCUT2D eigenvalue weighted by atomic mass is 9.96. The molecule has 0 fully saturated rings. The number of amides is 1. The van der Waals surface area contributed by atoms with Crippen LogP contribution >= 0.6 is 11.6 Å². The van der Waals surface area contributed by atoms with Crippen molar-refractivity contribution >= 4 is 17.5 Å². The lowest BCUT2D eigenvalue weighted by Gasteiger charge is -2.23. The van der Waals surface area contributed by atoms with Crippen LogP contribution in [0.4, 0.5) is 0 Å². The quantitative estimate of drug-likeness (QED) is 0.912. The number of aryl methyl sites for hydroxylation is 2. The molecular weight excluding hydrogens is 290 g/mol. The first-order chi connectivity index (χ1) is 9.79. The Labute approximate surface area is 128 Å². The van der Waals surface area contributed by atoms with Gasteiger partial charge in [0.15, 0.2) is 0 Å². The van der Waals surface area contributed by atoms with Gasteiger partial charge < -0.3 is 14.8 Å². The van der Waals surface area contributed by atoms with Gasteiger partial charge in [-0.1, -0.05) is 17.7 Å². The normalized spacial score (nSPS) is 13.8. The van der Waals surface area contributed by atoms with E-state index in [0.717, 1.165) is 5.76 Å². The fourth-order valence-corrected chi connectivity index (χ4v) is 2.44. The predicted molar refractivity (Wildman–Crippen MR) is 81.5 cm³/mol. The van der Waals surface area contributed by atoms with Crippen molar-refractivity contribution in [3.05, 3.63) is 58.0 Å². The van der Waals surface area contributed by atoms with Gasteiger partial charge in [0, 0.05) is 16.1 Å². The second kappa shape index (κ2) is 5.92. The number of furan rings is 1. The Kier molecular flexibility index (Phi) is 4.40. The van der Waals surface area contributed by atoms with E-state index in [0.29, 0.717) is 21.9 Å². The minimum atomic E-state index is -1.20. The summed E-state index contributed by atoms with van der Waals surface area (Å²) in [7, 11) is 0. The maximum Gasteiger partial charge on any atom is 0.251 e. The van der Waals surface area contributed by atoms with E-state index in [-0.39, 0.29) is 12.5 Å². The van der Waals surface area contributed by atoms with E-state index in [1.807, 2.05) is 6.92 Å². The Morgan fingerprint density at radius 2 is 2.10 bits per heavy atom. The van der Waals surface area contributed by atoms with Crippen molar-refractivity contribution in [2.24, 2.45) is 0 Å². The van der Waals surface area contributed by atoms with Gasteiger partial charge in [-0.2, -0.15) is 0 Å². The first-order valence-electron chi connectivity index (χ1n) is 6.63. The van der Waals surface area contributed by atoms with E-state index in [2.05, 4.69) is 5.32 Å². The van der Waals surface area contributed by atoms with E-state index in [4.69, 9.17) is 16.0 Å². The van der Waals surface area contributed by atoms with E-state index < -0.39 is 5.60 Å². The average Bonchev–Trinajstić information content (AvgIpc) is 2.76. The van der Waals surface area contributed by atoms with Gasteiger partial charge in [0.2, 0.25) is 0 Å². The van der Waals surface area contributed by atoms with Crippen LogP contribution in [0.25, 0.3) is 0 Å². The lowest BCUT2D eigenvalue weighted by Crippen LogP contribution is -2.38. The summed E-state index contributed by atoms with van der Waals surface area (Å²) in [4.78, 5) is 12.1. The Hall–Kier alpha value is -1.78. The van der Waals surface area contributed by atoms with Gasteiger partial charge in [-0.3, -0.25) is 4.79 Å². The smallest absolute Gasteiger partial charge is 0.251 e. The van der Waals surface area contributed by atoms with Crippen LogP contribution in [-0.4, -0.2) is 17.6 Å². The van der Waals surface area contributed by atoms with Crippen molar-refractivity contribution in [3.8, 4) is 0 Å². The molecule has 2 rings (SSSR count). The Morgan fingerprint density at radius 3 is 2.67 bits per heavy atom. The second-order valence-corrected chi connectivity index (χ2v) is 5.73. The van der Waals surface area contributed by atoms with Crippen molar-refractivity contribution in [2.45, 2.75) is 26.4 Å². The molecule has 1 aromatic carbocycles. The highest BCUT2D eigenvalue weighted by Crippen LogP contribution is 2.26. The topological polar surface area (TPSA) is 62.5 Å². The number of halogens is 1. The summed E-state index contributed by atoms with van der Waals surface area (Å²) in [5.74, 6) is 1.09. The number of carbonyl (C=O) groups is 1. The van der Waals surface area contributed by atoms with Crippen molar-refractivity contribution < 1.29 is 14.3 Å². The standard InChI is InChI=1S/C16H18ClNO3/c1-10-7-14(11(2)21-10)16(3,20)9-18-15(19)12-5-4-6-13(17)8-12/h4-8,20H,9H2,1-3H3,(H,18,19). The first-order valence-corrected chi connectivity index (χ1v) is 7.01. The molecule has 2 aromatic rings. The Bertz CT molecular complexity index is 661. The molecule has 5 heteroatoms. The van der Waals surface area contributed by atoms with E-state index in [9.17, 15) is 9.90 Å². The fraction of sp³-hybridized carbons (Fsp3) is 0.312. The number of hydrogen-bond acceptors (Lipinski definition) is 3. The summed E-state index contributed by atoms with van der Waals surface area (Å²) >= 11 is 5.86. The van der Waals surface area contributed by atoms with Gasteiger partial charge in [0.05, 0.1) is 6.54 Å². The molecule has 112 valence electrons. The molecule has 1 heterocycles. The number of nitrogens with one attached hydrogen (secondary N) is 1. The summed E-state index contributed by atoms with van der Waals surface area (Å²) in [6, 6.07) is 8.44. The summed E-state index contributed by atoms with van der Waals surface area (Å²) < 4.78 is 5.42. The second-order valence-electron chi connectivity index (χ2n) is 5.29. The number of rotatable bonds is 4. The van der Waals surface area contributed by atoms with Crippen molar-refractivity contribution in [1.82, 2.24) is 5.32 Å². The summed E-state index contributed by atoms with van der Waals surface area (Å²) in [6.45, 7) is 5.33. The van der Waals surface area contributed by atoms with Crippen LogP contribution in [0.3, 0.4) is 0 Å². The zero-order valence-corrected chi connectivity index (χ0v) is 13.0. The minimum Gasteiger partial charge on any atom is -0.466 e. The Morgan fingerprint density at radius 1 is 1.38 bits per heavy atom. The molecule has 0 aliphatic carbocycles. The summed E-state index contributed by atoms with van der Waals surface area (Å²) in [6.07, 6.45) is 0. The molecule has 0 aliphatic heterocycles.